The number of benzene rings is 1. The molecule has 1 fully saturated rings. The minimum atomic E-state index is -0.168. The van der Waals surface area contributed by atoms with Gasteiger partial charge < -0.3 is 10.4 Å². The number of rotatable bonds is 5. The predicted octanol–water partition coefficient (Wildman–Crippen LogP) is 3.37. The fourth-order valence-corrected chi connectivity index (χ4v) is 3.50. The molecule has 0 aliphatic heterocycles. The molecule has 3 heteroatoms. The molecule has 0 bridgehead atoms. The first-order valence-electron chi connectivity index (χ1n) is 7.09. The molecule has 1 aliphatic rings. The van der Waals surface area contributed by atoms with Crippen LogP contribution in [0.5, 0.6) is 0 Å². The monoisotopic (exact) mass is 281 g/mol. The van der Waals surface area contributed by atoms with Gasteiger partial charge in [-0.15, -0.1) is 0 Å². The Kier molecular flexibility index (Phi) is 4.54. The molecular weight excluding hydrogens is 258 g/mol. The molecule has 0 unspecified atom stereocenters. The number of hydrogen-bond acceptors (Lipinski definition) is 2. The fourth-order valence-electron chi connectivity index (χ4n) is 3.38. The first kappa shape index (κ1) is 14.8. The highest BCUT2D eigenvalue weighted by molar-refractivity contribution is 6.30. The summed E-state index contributed by atoms with van der Waals surface area (Å²) in [5.41, 5.74) is 1.35. The SMILES string of the molecule is CN[C@@H](CC(C)C)C1(c2ccc(Cl)cc2)CC(O)C1. The van der Waals surface area contributed by atoms with Crippen LogP contribution in [-0.4, -0.2) is 24.3 Å². The smallest absolute Gasteiger partial charge is 0.0558 e. The fraction of sp³-hybridized carbons (Fsp3) is 0.625. The average Bonchev–Trinajstić information content (AvgIpc) is 2.33. The summed E-state index contributed by atoms with van der Waals surface area (Å²) in [4.78, 5) is 0. The molecule has 0 radical (unpaired) electrons. The van der Waals surface area contributed by atoms with Crippen molar-refractivity contribution >= 4 is 11.6 Å². The Labute approximate surface area is 121 Å². The van der Waals surface area contributed by atoms with Gasteiger partial charge >= 0.3 is 0 Å². The molecule has 2 rings (SSSR count). The van der Waals surface area contributed by atoms with Gasteiger partial charge in [0.05, 0.1) is 6.10 Å². The van der Waals surface area contributed by atoms with Crippen LogP contribution < -0.4 is 5.32 Å². The quantitative estimate of drug-likeness (QED) is 0.867. The van der Waals surface area contributed by atoms with E-state index in [2.05, 4.69) is 31.3 Å². The van der Waals surface area contributed by atoms with Gasteiger partial charge in [0.15, 0.2) is 0 Å². The zero-order valence-corrected chi connectivity index (χ0v) is 12.7. The summed E-state index contributed by atoms with van der Waals surface area (Å²) < 4.78 is 0. The summed E-state index contributed by atoms with van der Waals surface area (Å²) in [6, 6.07) is 8.52. The third-order valence-electron chi connectivity index (χ3n) is 4.34. The summed E-state index contributed by atoms with van der Waals surface area (Å²) in [6.45, 7) is 4.49. The number of halogens is 1. The van der Waals surface area contributed by atoms with E-state index in [0.717, 1.165) is 24.3 Å². The van der Waals surface area contributed by atoms with Crippen LogP contribution in [0.1, 0.15) is 38.7 Å². The van der Waals surface area contributed by atoms with Gasteiger partial charge in [0.1, 0.15) is 0 Å². The molecular formula is C16H24ClNO. The van der Waals surface area contributed by atoms with Crippen molar-refractivity contribution in [3.63, 3.8) is 0 Å². The Morgan fingerprint density at radius 1 is 1.32 bits per heavy atom. The molecule has 0 amide bonds. The number of hydrogen-bond donors (Lipinski definition) is 2. The molecule has 0 spiro atoms. The van der Waals surface area contributed by atoms with Crippen molar-refractivity contribution in [1.29, 1.82) is 0 Å². The Morgan fingerprint density at radius 2 is 1.89 bits per heavy atom. The zero-order valence-electron chi connectivity index (χ0n) is 12.0. The maximum absolute atomic E-state index is 9.82. The summed E-state index contributed by atoms with van der Waals surface area (Å²) in [5.74, 6) is 0.638. The highest BCUT2D eigenvalue weighted by Crippen LogP contribution is 2.48. The van der Waals surface area contributed by atoms with Gasteiger partial charge in [0.25, 0.3) is 0 Å². The molecule has 0 saturated heterocycles. The minimum absolute atomic E-state index is 0.0586. The maximum atomic E-state index is 9.82. The molecule has 2 nitrogen and oxygen atoms in total. The van der Waals surface area contributed by atoms with Crippen molar-refractivity contribution in [1.82, 2.24) is 5.32 Å². The van der Waals surface area contributed by atoms with Crippen LogP contribution in [-0.2, 0) is 5.41 Å². The molecule has 1 aromatic rings. The van der Waals surface area contributed by atoms with Crippen molar-refractivity contribution in [2.75, 3.05) is 7.05 Å². The summed E-state index contributed by atoms with van der Waals surface area (Å²) in [5, 5.41) is 14.1. The molecule has 0 aromatic heterocycles. The second-order valence-electron chi connectivity index (χ2n) is 6.20. The summed E-state index contributed by atoms with van der Waals surface area (Å²) in [6.07, 6.45) is 2.63. The lowest BCUT2D eigenvalue weighted by molar-refractivity contribution is -0.00564. The van der Waals surface area contributed by atoms with Crippen molar-refractivity contribution in [3.05, 3.63) is 34.9 Å². The number of likely N-dealkylation sites (N-methyl/N-ethyl adjacent to an activating group) is 1. The highest BCUT2D eigenvalue weighted by atomic mass is 35.5. The second-order valence-corrected chi connectivity index (χ2v) is 6.63. The van der Waals surface area contributed by atoms with Crippen molar-refractivity contribution < 1.29 is 5.11 Å². The summed E-state index contributed by atoms with van der Waals surface area (Å²) in [7, 11) is 2.02. The van der Waals surface area contributed by atoms with Gasteiger partial charge in [-0.3, -0.25) is 0 Å². The van der Waals surface area contributed by atoms with Gasteiger partial charge in [0, 0.05) is 16.5 Å². The Bertz CT molecular complexity index is 409. The van der Waals surface area contributed by atoms with Gasteiger partial charge in [-0.25, -0.2) is 0 Å². The van der Waals surface area contributed by atoms with Crippen molar-refractivity contribution in [3.8, 4) is 0 Å². The standard InChI is InChI=1S/C16H24ClNO/c1-11(2)8-15(18-3)16(9-14(19)10-16)12-4-6-13(17)7-5-12/h4-7,11,14-15,18-19H,8-10H2,1-3H3/t14?,15-,16?/m0/s1. The lowest BCUT2D eigenvalue weighted by Gasteiger charge is -2.51. The molecule has 1 saturated carbocycles. The van der Waals surface area contributed by atoms with E-state index in [0.29, 0.717) is 12.0 Å². The van der Waals surface area contributed by atoms with Gasteiger partial charge in [0.2, 0.25) is 0 Å². The lowest BCUT2D eigenvalue weighted by atomic mass is 9.57. The molecule has 106 valence electrons. The second kappa shape index (κ2) is 5.82. The number of aliphatic hydroxyl groups is 1. The number of aliphatic hydroxyl groups excluding tert-OH is 1. The van der Waals surface area contributed by atoms with Crippen LogP contribution in [0.15, 0.2) is 24.3 Å². The lowest BCUT2D eigenvalue weighted by Crippen LogP contribution is -2.57. The van der Waals surface area contributed by atoms with E-state index < -0.39 is 0 Å². The first-order valence-corrected chi connectivity index (χ1v) is 7.47. The zero-order chi connectivity index (χ0) is 14.0. The molecule has 2 N–H and O–H groups in total. The van der Waals surface area contributed by atoms with E-state index >= 15 is 0 Å². The predicted molar refractivity (Wildman–Crippen MR) is 80.7 cm³/mol. The molecule has 1 atom stereocenters. The topological polar surface area (TPSA) is 32.3 Å². The number of nitrogens with one attached hydrogen (secondary N) is 1. The van der Waals surface area contributed by atoms with Crippen LogP contribution in [0.4, 0.5) is 0 Å². The molecule has 1 aliphatic carbocycles. The third-order valence-corrected chi connectivity index (χ3v) is 4.59. The van der Waals surface area contributed by atoms with Crippen molar-refractivity contribution in [2.45, 2.75) is 50.7 Å². The van der Waals surface area contributed by atoms with Crippen LogP contribution in [0.3, 0.4) is 0 Å². The maximum Gasteiger partial charge on any atom is 0.0558 e. The first-order chi connectivity index (χ1) is 8.98. The highest BCUT2D eigenvalue weighted by Gasteiger charge is 2.49. The van der Waals surface area contributed by atoms with E-state index in [4.69, 9.17) is 11.6 Å². The van der Waals surface area contributed by atoms with E-state index in [1.807, 2.05) is 19.2 Å². The van der Waals surface area contributed by atoms with Crippen LogP contribution in [0, 0.1) is 5.92 Å². The Morgan fingerprint density at radius 3 is 2.32 bits per heavy atom. The van der Waals surface area contributed by atoms with Gasteiger partial charge in [-0.1, -0.05) is 37.6 Å². The molecule has 19 heavy (non-hydrogen) atoms. The molecule has 1 aromatic carbocycles. The minimum Gasteiger partial charge on any atom is -0.393 e. The van der Waals surface area contributed by atoms with E-state index in [-0.39, 0.29) is 11.5 Å². The van der Waals surface area contributed by atoms with Gasteiger partial charge in [-0.05, 0) is 49.9 Å². The van der Waals surface area contributed by atoms with Crippen LogP contribution >= 0.6 is 11.6 Å². The Hall–Kier alpha value is -0.570. The van der Waals surface area contributed by atoms with E-state index in [9.17, 15) is 5.11 Å². The molecule has 0 heterocycles. The van der Waals surface area contributed by atoms with E-state index in [1.165, 1.54) is 5.56 Å². The van der Waals surface area contributed by atoms with E-state index in [1.54, 1.807) is 0 Å². The largest absolute Gasteiger partial charge is 0.393 e. The van der Waals surface area contributed by atoms with Crippen molar-refractivity contribution in [2.24, 2.45) is 5.92 Å². The average molecular weight is 282 g/mol. The van der Waals surface area contributed by atoms with Crippen LogP contribution in [0.25, 0.3) is 0 Å². The normalized spacial score (nSPS) is 28.2. The summed E-state index contributed by atoms with van der Waals surface area (Å²) >= 11 is 5.98. The van der Waals surface area contributed by atoms with Gasteiger partial charge in [-0.2, -0.15) is 0 Å². The third kappa shape index (κ3) is 2.96. The van der Waals surface area contributed by atoms with Crippen LogP contribution in [0.2, 0.25) is 5.02 Å². The Balaban J connectivity index is 2.29.